The molecule has 1 aromatic rings. The van der Waals surface area contributed by atoms with Crippen LogP contribution in [0, 0.1) is 5.41 Å². The lowest BCUT2D eigenvalue weighted by atomic mass is 9.90. The molecular formula is C12H22N2O. The van der Waals surface area contributed by atoms with Crippen LogP contribution in [0.5, 0.6) is 0 Å². The molecule has 0 fully saturated rings. The second-order valence-corrected chi connectivity index (χ2v) is 5.17. The van der Waals surface area contributed by atoms with Crippen LogP contribution in [0.4, 0.5) is 0 Å². The van der Waals surface area contributed by atoms with Crippen LogP contribution in [0.1, 0.15) is 39.4 Å². The lowest BCUT2D eigenvalue weighted by molar-refractivity contribution is 0.273. The Morgan fingerprint density at radius 1 is 1.40 bits per heavy atom. The summed E-state index contributed by atoms with van der Waals surface area (Å²) in [5.41, 5.74) is 0.397. The monoisotopic (exact) mass is 210 g/mol. The number of aliphatic hydroxyl groups excluding tert-OH is 1. The molecule has 15 heavy (non-hydrogen) atoms. The van der Waals surface area contributed by atoms with Crippen molar-refractivity contribution in [3.8, 4) is 0 Å². The molecule has 3 nitrogen and oxygen atoms in total. The van der Waals surface area contributed by atoms with Crippen LogP contribution in [-0.2, 0) is 13.0 Å². The predicted octanol–water partition coefficient (Wildman–Crippen LogP) is 2.24. The topological polar surface area (TPSA) is 38.0 Å². The molecule has 1 aromatic heterocycles. The summed E-state index contributed by atoms with van der Waals surface area (Å²) < 4.78 is 2.03. The molecule has 0 amide bonds. The fourth-order valence-corrected chi connectivity index (χ4v) is 1.66. The van der Waals surface area contributed by atoms with Gasteiger partial charge in [-0.05, 0) is 18.3 Å². The molecule has 0 bridgehead atoms. The first kappa shape index (κ1) is 12.2. The third-order valence-electron chi connectivity index (χ3n) is 2.47. The van der Waals surface area contributed by atoms with Crippen molar-refractivity contribution < 1.29 is 5.11 Å². The molecule has 1 rings (SSSR count). The first-order chi connectivity index (χ1) is 7.03. The van der Waals surface area contributed by atoms with E-state index in [0.717, 1.165) is 18.7 Å². The third kappa shape index (κ3) is 4.47. The van der Waals surface area contributed by atoms with Gasteiger partial charge in [-0.25, -0.2) is 4.98 Å². The molecule has 0 spiro atoms. The Kier molecular flexibility index (Phi) is 4.33. The van der Waals surface area contributed by atoms with Crippen molar-refractivity contribution in [2.75, 3.05) is 6.61 Å². The molecule has 0 saturated carbocycles. The zero-order valence-electron chi connectivity index (χ0n) is 10.0. The Labute approximate surface area is 92.1 Å². The van der Waals surface area contributed by atoms with Gasteiger partial charge in [0.2, 0.25) is 0 Å². The van der Waals surface area contributed by atoms with Gasteiger partial charge in [-0.15, -0.1) is 0 Å². The molecule has 3 heteroatoms. The van der Waals surface area contributed by atoms with Crippen LogP contribution in [0.2, 0.25) is 0 Å². The van der Waals surface area contributed by atoms with Crippen LogP contribution in [-0.4, -0.2) is 21.3 Å². The average molecular weight is 210 g/mol. The first-order valence-corrected chi connectivity index (χ1v) is 5.64. The van der Waals surface area contributed by atoms with Crippen molar-refractivity contribution in [3.05, 3.63) is 18.2 Å². The summed E-state index contributed by atoms with van der Waals surface area (Å²) in [6.07, 6.45) is 7.11. The molecule has 0 saturated heterocycles. The maximum Gasteiger partial charge on any atom is 0.108 e. The quantitative estimate of drug-likeness (QED) is 0.809. The summed E-state index contributed by atoms with van der Waals surface area (Å²) in [7, 11) is 0. The summed E-state index contributed by atoms with van der Waals surface area (Å²) in [4.78, 5) is 4.31. The van der Waals surface area contributed by atoms with Crippen LogP contribution >= 0.6 is 0 Å². The van der Waals surface area contributed by atoms with E-state index < -0.39 is 0 Å². The molecular weight excluding hydrogens is 188 g/mol. The number of hydrogen-bond donors (Lipinski definition) is 1. The zero-order chi connectivity index (χ0) is 11.3. The minimum atomic E-state index is 0.183. The minimum absolute atomic E-state index is 0.183. The van der Waals surface area contributed by atoms with Gasteiger partial charge in [0.15, 0.2) is 0 Å². The Morgan fingerprint density at radius 2 is 2.13 bits per heavy atom. The van der Waals surface area contributed by atoms with Gasteiger partial charge in [-0.1, -0.05) is 20.8 Å². The zero-order valence-corrected chi connectivity index (χ0v) is 10.0. The molecule has 0 aromatic carbocycles. The number of aromatic nitrogens is 2. The normalized spacial score (nSPS) is 12.0. The summed E-state index contributed by atoms with van der Waals surface area (Å²) in [6, 6.07) is 0. The van der Waals surface area contributed by atoms with E-state index in [0.29, 0.717) is 12.0 Å². The standard InChI is InChI=1S/C12H22N2O/c1-12(2,3)6-4-5-11-13-7-8-14(11)9-10-15/h7-8,15H,4-6,9-10H2,1-3H3. The van der Waals surface area contributed by atoms with Crippen LogP contribution < -0.4 is 0 Å². The summed E-state index contributed by atoms with van der Waals surface area (Å²) in [5.74, 6) is 1.09. The fraction of sp³-hybridized carbons (Fsp3) is 0.750. The summed E-state index contributed by atoms with van der Waals surface area (Å²) >= 11 is 0. The van der Waals surface area contributed by atoms with Gasteiger partial charge >= 0.3 is 0 Å². The Bertz CT molecular complexity index is 286. The summed E-state index contributed by atoms with van der Waals surface area (Å²) in [6.45, 7) is 7.61. The molecule has 0 unspecified atom stereocenters. The highest BCUT2D eigenvalue weighted by atomic mass is 16.3. The smallest absolute Gasteiger partial charge is 0.108 e. The fourth-order valence-electron chi connectivity index (χ4n) is 1.66. The highest BCUT2D eigenvalue weighted by molar-refractivity contribution is 4.92. The number of nitrogens with zero attached hydrogens (tertiary/aromatic N) is 2. The van der Waals surface area contributed by atoms with Crippen LogP contribution in [0.3, 0.4) is 0 Å². The van der Waals surface area contributed by atoms with E-state index in [-0.39, 0.29) is 6.61 Å². The Morgan fingerprint density at radius 3 is 2.73 bits per heavy atom. The number of imidazole rings is 1. The molecule has 0 aliphatic carbocycles. The number of hydrogen-bond acceptors (Lipinski definition) is 2. The van der Waals surface area contributed by atoms with E-state index in [1.807, 2.05) is 17.0 Å². The van der Waals surface area contributed by atoms with Crippen molar-refractivity contribution in [2.45, 2.75) is 46.6 Å². The maximum absolute atomic E-state index is 8.87. The van der Waals surface area contributed by atoms with Crippen molar-refractivity contribution in [1.29, 1.82) is 0 Å². The van der Waals surface area contributed by atoms with Crippen molar-refractivity contribution in [1.82, 2.24) is 9.55 Å². The van der Waals surface area contributed by atoms with Gasteiger partial charge in [0, 0.05) is 25.4 Å². The predicted molar refractivity (Wildman–Crippen MR) is 61.7 cm³/mol. The molecule has 1 heterocycles. The largest absolute Gasteiger partial charge is 0.395 e. The van der Waals surface area contributed by atoms with E-state index in [2.05, 4.69) is 25.8 Å². The molecule has 0 atom stereocenters. The lowest BCUT2D eigenvalue weighted by Crippen LogP contribution is -2.09. The van der Waals surface area contributed by atoms with Crippen molar-refractivity contribution in [2.24, 2.45) is 5.41 Å². The van der Waals surface area contributed by atoms with Gasteiger partial charge in [-0.3, -0.25) is 0 Å². The Balaban J connectivity index is 2.40. The summed E-state index contributed by atoms with van der Waals surface area (Å²) in [5, 5.41) is 8.87. The first-order valence-electron chi connectivity index (χ1n) is 5.64. The average Bonchev–Trinajstić information content (AvgIpc) is 2.51. The molecule has 1 N–H and O–H groups in total. The maximum atomic E-state index is 8.87. The third-order valence-corrected chi connectivity index (χ3v) is 2.47. The van der Waals surface area contributed by atoms with E-state index >= 15 is 0 Å². The minimum Gasteiger partial charge on any atom is -0.395 e. The van der Waals surface area contributed by atoms with Gasteiger partial charge in [0.1, 0.15) is 5.82 Å². The lowest BCUT2D eigenvalue weighted by Gasteiger charge is -2.17. The van der Waals surface area contributed by atoms with Gasteiger partial charge in [0.05, 0.1) is 6.61 Å². The SMILES string of the molecule is CC(C)(C)CCCc1nccn1CCO. The van der Waals surface area contributed by atoms with Crippen LogP contribution in [0.25, 0.3) is 0 Å². The second kappa shape index (κ2) is 5.31. The molecule has 0 aliphatic heterocycles. The Hall–Kier alpha value is -0.830. The molecule has 0 aliphatic rings. The number of aliphatic hydroxyl groups is 1. The highest BCUT2D eigenvalue weighted by Gasteiger charge is 2.10. The molecule has 86 valence electrons. The van der Waals surface area contributed by atoms with Gasteiger partial charge < -0.3 is 9.67 Å². The van der Waals surface area contributed by atoms with E-state index in [1.54, 1.807) is 0 Å². The molecule has 0 radical (unpaired) electrons. The van der Waals surface area contributed by atoms with Crippen molar-refractivity contribution in [3.63, 3.8) is 0 Å². The van der Waals surface area contributed by atoms with E-state index in [9.17, 15) is 0 Å². The van der Waals surface area contributed by atoms with Gasteiger partial charge in [0.25, 0.3) is 0 Å². The van der Waals surface area contributed by atoms with Crippen molar-refractivity contribution >= 4 is 0 Å². The highest BCUT2D eigenvalue weighted by Crippen LogP contribution is 2.21. The number of rotatable bonds is 5. The van der Waals surface area contributed by atoms with E-state index in [4.69, 9.17) is 5.11 Å². The number of aryl methyl sites for hydroxylation is 1. The van der Waals surface area contributed by atoms with Gasteiger partial charge in [-0.2, -0.15) is 0 Å². The second-order valence-electron chi connectivity index (χ2n) is 5.17. The van der Waals surface area contributed by atoms with Crippen LogP contribution in [0.15, 0.2) is 12.4 Å². The van der Waals surface area contributed by atoms with E-state index in [1.165, 1.54) is 6.42 Å².